The van der Waals surface area contributed by atoms with Crippen LogP contribution in [0.15, 0.2) is 24.3 Å². The number of piperazine rings is 1. The lowest BCUT2D eigenvalue weighted by Crippen LogP contribution is -2.54. The maximum absolute atomic E-state index is 11.9. The van der Waals surface area contributed by atoms with Crippen LogP contribution in [0.2, 0.25) is 0 Å². The largest absolute Gasteiger partial charge is 0.468 e. The molecule has 2 aromatic rings. The molecule has 5 nitrogen and oxygen atoms in total. The van der Waals surface area contributed by atoms with Crippen LogP contribution >= 0.6 is 0 Å². The third-order valence-corrected chi connectivity index (χ3v) is 6.30. The van der Waals surface area contributed by atoms with E-state index < -0.39 is 0 Å². The van der Waals surface area contributed by atoms with Crippen LogP contribution in [0.4, 0.5) is 0 Å². The standard InChI is InChI=1S/C21H29N3O2/c1-15-11-22-10-6-7-17(22)12-23(15)13-19-16(2)24(14-21(25)26-3)20-9-5-4-8-18(19)20/h4-5,8-9,15,17H,6-7,10-14H2,1-3H3/t15-,17?/m1/s1. The quantitative estimate of drug-likeness (QED) is 0.791. The smallest absolute Gasteiger partial charge is 0.325 e. The lowest BCUT2D eigenvalue weighted by molar-refractivity contribution is -0.141. The molecule has 2 atom stereocenters. The number of carbonyl (C=O) groups excluding carboxylic acids is 1. The summed E-state index contributed by atoms with van der Waals surface area (Å²) in [5.74, 6) is -0.201. The Labute approximate surface area is 155 Å². The number of fused-ring (bicyclic) bond motifs is 2. The van der Waals surface area contributed by atoms with E-state index in [-0.39, 0.29) is 12.5 Å². The average Bonchev–Trinajstić information content (AvgIpc) is 3.19. The molecule has 4 rings (SSSR count). The highest BCUT2D eigenvalue weighted by Gasteiger charge is 2.34. The minimum absolute atomic E-state index is 0.201. The Balaban J connectivity index is 1.66. The first-order valence-corrected chi connectivity index (χ1v) is 9.70. The fourth-order valence-corrected chi connectivity index (χ4v) is 4.77. The molecule has 26 heavy (non-hydrogen) atoms. The molecule has 0 spiro atoms. The molecule has 1 unspecified atom stereocenters. The van der Waals surface area contributed by atoms with Crippen molar-refractivity contribution in [1.82, 2.24) is 14.4 Å². The van der Waals surface area contributed by atoms with Crippen molar-refractivity contribution in [2.75, 3.05) is 26.7 Å². The Morgan fingerprint density at radius 3 is 2.88 bits per heavy atom. The zero-order valence-electron chi connectivity index (χ0n) is 16.1. The molecule has 2 fully saturated rings. The summed E-state index contributed by atoms with van der Waals surface area (Å²) in [5.41, 5.74) is 3.65. The molecule has 140 valence electrons. The number of para-hydroxylation sites is 1. The molecule has 0 N–H and O–H groups in total. The van der Waals surface area contributed by atoms with Crippen molar-refractivity contribution < 1.29 is 9.53 Å². The highest BCUT2D eigenvalue weighted by Crippen LogP contribution is 2.30. The molecule has 1 aromatic heterocycles. The number of rotatable bonds is 4. The van der Waals surface area contributed by atoms with E-state index >= 15 is 0 Å². The van der Waals surface area contributed by atoms with Gasteiger partial charge in [0.2, 0.25) is 0 Å². The van der Waals surface area contributed by atoms with Gasteiger partial charge in [-0.3, -0.25) is 14.6 Å². The predicted octanol–water partition coefficient (Wildman–Crippen LogP) is 2.79. The fourth-order valence-electron chi connectivity index (χ4n) is 4.77. The Hall–Kier alpha value is -1.85. The van der Waals surface area contributed by atoms with E-state index in [0.29, 0.717) is 6.04 Å². The van der Waals surface area contributed by atoms with Crippen LogP contribution in [0.25, 0.3) is 10.9 Å². The Morgan fingerprint density at radius 2 is 2.08 bits per heavy atom. The van der Waals surface area contributed by atoms with Crippen molar-refractivity contribution >= 4 is 16.9 Å². The molecule has 2 aliphatic rings. The van der Waals surface area contributed by atoms with Crippen molar-refractivity contribution in [2.45, 2.75) is 51.9 Å². The van der Waals surface area contributed by atoms with Gasteiger partial charge in [-0.25, -0.2) is 0 Å². The summed E-state index contributed by atoms with van der Waals surface area (Å²) >= 11 is 0. The first-order chi connectivity index (χ1) is 12.6. The molecule has 0 radical (unpaired) electrons. The molecular weight excluding hydrogens is 326 g/mol. The maximum atomic E-state index is 11.9. The van der Waals surface area contributed by atoms with E-state index in [1.807, 2.05) is 6.07 Å². The van der Waals surface area contributed by atoms with Crippen molar-refractivity contribution in [2.24, 2.45) is 0 Å². The van der Waals surface area contributed by atoms with Gasteiger partial charge in [0.15, 0.2) is 0 Å². The molecule has 0 aliphatic carbocycles. The number of ether oxygens (including phenoxy) is 1. The second-order valence-corrected chi connectivity index (χ2v) is 7.81. The number of esters is 1. The minimum atomic E-state index is -0.201. The number of hydrogen-bond acceptors (Lipinski definition) is 4. The Morgan fingerprint density at radius 1 is 1.27 bits per heavy atom. The normalized spacial score (nSPS) is 24.1. The number of nitrogens with zero attached hydrogens (tertiary/aromatic N) is 3. The van der Waals surface area contributed by atoms with Crippen molar-refractivity contribution in [3.8, 4) is 0 Å². The van der Waals surface area contributed by atoms with Crippen LogP contribution in [0.1, 0.15) is 31.0 Å². The van der Waals surface area contributed by atoms with Gasteiger partial charge in [0.1, 0.15) is 6.54 Å². The molecule has 5 heteroatoms. The molecule has 0 amide bonds. The summed E-state index contributed by atoms with van der Waals surface area (Å²) in [6.07, 6.45) is 2.66. The minimum Gasteiger partial charge on any atom is -0.468 e. The Bertz CT molecular complexity index is 813. The third kappa shape index (κ3) is 3.03. The van der Waals surface area contributed by atoms with E-state index in [4.69, 9.17) is 4.74 Å². The lowest BCUT2D eigenvalue weighted by Gasteiger charge is -2.42. The fraction of sp³-hybridized carbons (Fsp3) is 0.571. The van der Waals surface area contributed by atoms with Crippen LogP contribution in [0.3, 0.4) is 0 Å². The van der Waals surface area contributed by atoms with E-state index in [1.54, 1.807) is 0 Å². The van der Waals surface area contributed by atoms with Gasteiger partial charge in [-0.1, -0.05) is 18.2 Å². The molecular formula is C21H29N3O2. The number of hydrogen-bond donors (Lipinski definition) is 0. The van der Waals surface area contributed by atoms with Gasteiger partial charge in [-0.15, -0.1) is 0 Å². The van der Waals surface area contributed by atoms with Gasteiger partial charge in [0.25, 0.3) is 0 Å². The highest BCUT2D eigenvalue weighted by atomic mass is 16.5. The van der Waals surface area contributed by atoms with Crippen LogP contribution in [-0.2, 0) is 22.6 Å². The van der Waals surface area contributed by atoms with E-state index in [1.165, 1.54) is 49.7 Å². The number of benzene rings is 1. The van der Waals surface area contributed by atoms with Crippen molar-refractivity contribution in [1.29, 1.82) is 0 Å². The predicted molar refractivity (Wildman–Crippen MR) is 103 cm³/mol. The highest BCUT2D eigenvalue weighted by molar-refractivity contribution is 5.87. The number of carbonyl (C=O) groups is 1. The van der Waals surface area contributed by atoms with Gasteiger partial charge in [0, 0.05) is 48.3 Å². The van der Waals surface area contributed by atoms with Crippen LogP contribution in [-0.4, -0.2) is 59.2 Å². The monoisotopic (exact) mass is 355 g/mol. The average molecular weight is 355 g/mol. The van der Waals surface area contributed by atoms with Crippen LogP contribution < -0.4 is 0 Å². The molecule has 2 saturated heterocycles. The zero-order chi connectivity index (χ0) is 18.3. The van der Waals surface area contributed by atoms with Crippen LogP contribution in [0, 0.1) is 6.92 Å². The molecule has 0 bridgehead atoms. The van der Waals surface area contributed by atoms with Crippen molar-refractivity contribution in [3.05, 3.63) is 35.5 Å². The van der Waals surface area contributed by atoms with Gasteiger partial charge in [-0.05, 0) is 44.9 Å². The SMILES string of the molecule is COC(=O)Cn1c(C)c(CN2CC3CCCN3C[C@H]2C)c2ccccc21. The molecule has 3 heterocycles. The first kappa shape index (κ1) is 17.6. The summed E-state index contributed by atoms with van der Waals surface area (Å²) in [6, 6.07) is 9.70. The van der Waals surface area contributed by atoms with E-state index in [2.05, 4.69) is 46.4 Å². The van der Waals surface area contributed by atoms with E-state index in [9.17, 15) is 4.79 Å². The molecule has 1 aromatic carbocycles. The van der Waals surface area contributed by atoms with Gasteiger partial charge in [-0.2, -0.15) is 0 Å². The maximum Gasteiger partial charge on any atom is 0.325 e. The summed E-state index contributed by atoms with van der Waals surface area (Å²) in [4.78, 5) is 17.2. The lowest BCUT2D eigenvalue weighted by atomic mass is 10.0. The summed E-state index contributed by atoms with van der Waals surface area (Å²) in [5, 5.41) is 1.26. The number of aromatic nitrogens is 1. The summed E-state index contributed by atoms with van der Waals surface area (Å²) in [6.45, 7) is 9.29. The number of methoxy groups -OCH3 is 1. The van der Waals surface area contributed by atoms with Crippen LogP contribution in [0.5, 0.6) is 0 Å². The molecule has 2 aliphatic heterocycles. The second-order valence-electron chi connectivity index (χ2n) is 7.81. The molecule has 0 saturated carbocycles. The van der Waals surface area contributed by atoms with Gasteiger partial charge in [0.05, 0.1) is 7.11 Å². The van der Waals surface area contributed by atoms with Gasteiger partial charge >= 0.3 is 5.97 Å². The van der Waals surface area contributed by atoms with E-state index in [0.717, 1.165) is 24.6 Å². The first-order valence-electron chi connectivity index (χ1n) is 9.70. The zero-order valence-corrected chi connectivity index (χ0v) is 16.1. The Kier molecular flexibility index (Phi) is 4.76. The second kappa shape index (κ2) is 7.05. The third-order valence-electron chi connectivity index (χ3n) is 6.30. The summed E-state index contributed by atoms with van der Waals surface area (Å²) < 4.78 is 7.01. The van der Waals surface area contributed by atoms with Crippen molar-refractivity contribution in [3.63, 3.8) is 0 Å². The van der Waals surface area contributed by atoms with Gasteiger partial charge < -0.3 is 9.30 Å². The topological polar surface area (TPSA) is 37.7 Å². The summed E-state index contributed by atoms with van der Waals surface area (Å²) in [7, 11) is 1.45.